The van der Waals surface area contributed by atoms with Crippen molar-refractivity contribution in [2.24, 2.45) is 0 Å². The summed E-state index contributed by atoms with van der Waals surface area (Å²) in [6.07, 6.45) is 5.93. The third kappa shape index (κ3) is 5.04. The number of hydrogen-bond acceptors (Lipinski definition) is 4. The summed E-state index contributed by atoms with van der Waals surface area (Å²) >= 11 is 0.965. The van der Waals surface area contributed by atoms with Crippen LogP contribution in [-0.4, -0.2) is 23.7 Å². The van der Waals surface area contributed by atoms with E-state index in [1.54, 1.807) is 0 Å². The van der Waals surface area contributed by atoms with Crippen LogP contribution in [0.1, 0.15) is 28.7 Å². The van der Waals surface area contributed by atoms with Gasteiger partial charge in [0.05, 0.1) is 4.91 Å². The van der Waals surface area contributed by atoms with Crippen LogP contribution in [0.4, 0.5) is 10.5 Å². The number of anilines is 1. The van der Waals surface area contributed by atoms with Gasteiger partial charge in [-0.05, 0) is 77.9 Å². The van der Waals surface area contributed by atoms with Gasteiger partial charge in [0.25, 0.3) is 11.1 Å². The number of aryl methyl sites for hydroxylation is 1. The Morgan fingerprint density at radius 3 is 2.36 bits per heavy atom. The Balaban J connectivity index is 1.42. The standard InChI is InChI=1S/C28H26N2O2S/c31-27-26(33-28(32)29-27)19-22-11-14-25-23(17-22)12-13-24(18-21-9-5-2-6-10-21)30(25)16-15-20-7-3-1-4-8-20/h1-11,14,17,19,24H,12-13,15-16,18H2,(H,29,31,32). The number of nitrogens with one attached hydrogen (secondary N) is 1. The average Bonchev–Trinajstić information content (AvgIpc) is 3.16. The van der Waals surface area contributed by atoms with Crippen LogP contribution in [0.3, 0.4) is 0 Å². The van der Waals surface area contributed by atoms with Crippen LogP contribution in [0.5, 0.6) is 0 Å². The lowest BCUT2D eigenvalue weighted by molar-refractivity contribution is -0.115. The highest BCUT2D eigenvalue weighted by atomic mass is 32.2. The van der Waals surface area contributed by atoms with Gasteiger partial charge < -0.3 is 4.90 Å². The van der Waals surface area contributed by atoms with E-state index in [2.05, 4.69) is 89.1 Å². The number of rotatable bonds is 6. The number of nitrogens with zero attached hydrogens (tertiary/aromatic N) is 1. The summed E-state index contributed by atoms with van der Waals surface area (Å²) in [5, 5.41) is 2.02. The van der Waals surface area contributed by atoms with Crippen molar-refractivity contribution in [2.75, 3.05) is 11.4 Å². The molecule has 0 aliphatic carbocycles. The highest BCUT2D eigenvalue weighted by molar-refractivity contribution is 8.18. The fourth-order valence-corrected chi connectivity index (χ4v) is 5.40. The van der Waals surface area contributed by atoms with Crippen LogP contribution >= 0.6 is 11.8 Å². The molecule has 2 aliphatic rings. The van der Waals surface area contributed by atoms with Crippen LogP contribution in [0.15, 0.2) is 83.8 Å². The molecule has 1 unspecified atom stereocenters. The lowest BCUT2D eigenvalue weighted by atomic mass is 9.90. The zero-order valence-electron chi connectivity index (χ0n) is 18.4. The zero-order valence-corrected chi connectivity index (χ0v) is 19.2. The number of carbonyl (C=O) groups excluding carboxylic acids is 2. The monoisotopic (exact) mass is 454 g/mol. The largest absolute Gasteiger partial charge is 0.368 e. The number of hydrogen-bond donors (Lipinski definition) is 1. The van der Waals surface area contributed by atoms with E-state index in [0.717, 1.165) is 49.6 Å². The Bertz CT molecular complexity index is 1190. The second-order valence-corrected chi connectivity index (χ2v) is 9.57. The van der Waals surface area contributed by atoms with Gasteiger partial charge in [0.15, 0.2) is 0 Å². The minimum Gasteiger partial charge on any atom is -0.368 e. The molecule has 0 spiro atoms. The SMILES string of the molecule is O=C1NC(=O)C(=Cc2ccc3c(c2)CCC(Cc2ccccc2)N3CCc2ccccc2)S1. The van der Waals surface area contributed by atoms with Gasteiger partial charge in [0.2, 0.25) is 0 Å². The van der Waals surface area contributed by atoms with Crippen LogP contribution in [0, 0.1) is 0 Å². The van der Waals surface area contributed by atoms with Crippen molar-refractivity contribution >= 4 is 34.7 Å². The predicted octanol–water partition coefficient (Wildman–Crippen LogP) is 5.62. The number of benzene rings is 3. The molecule has 2 aliphatic heterocycles. The summed E-state index contributed by atoms with van der Waals surface area (Å²) in [6, 6.07) is 28.2. The first-order valence-corrected chi connectivity index (χ1v) is 12.2. The van der Waals surface area contributed by atoms with E-state index in [1.807, 2.05) is 6.08 Å². The molecule has 0 bridgehead atoms. The predicted molar refractivity (Wildman–Crippen MR) is 135 cm³/mol. The molecule has 1 saturated heterocycles. The van der Waals surface area contributed by atoms with E-state index in [4.69, 9.17) is 0 Å². The smallest absolute Gasteiger partial charge is 0.290 e. The molecule has 33 heavy (non-hydrogen) atoms. The summed E-state index contributed by atoms with van der Waals surface area (Å²) in [4.78, 5) is 26.4. The number of carbonyl (C=O) groups is 2. The third-order valence-electron chi connectivity index (χ3n) is 6.34. The van der Waals surface area contributed by atoms with E-state index in [1.165, 1.54) is 22.4 Å². The first-order valence-electron chi connectivity index (χ1n) is 11.4. The Morgan fingerprint density at radius 2 is 1.67 bits per heavy atom. The van der Waals surface area contributed by atoms with E-state index < -0.39 is 0 Å². The van der Waals surface area contributed by atoms with Crippen LogP contribution in [0.25, 0.3) is 6.08 Å². The first kappa shape index (κ1) is 21.5. The molecule has 1 atom stereocenters. The van der Waals surface area contributed by atoms with Gasteiger partial charge in [-0.1, -0.05) is 66.7 Å². The minimum absolute atomic E-state index is 0.306. The molecule has 1 fully saturated rings. The minimum atomic E-state index is -0.310. The molecule has 5 heteroatoms. The van der Waals surface area contributed by atoms with Gasteiger partial charge in [-0.15, -0.1) is 0 Å². The summed E-state index contributed by atoms with van der Waals surface area (Å²) < 4.78 is 0. The van der Waals surface area contributed by atoms with Gasteiger partial charge in [-0.25, -0.2) is 0 Å². The van der Waals surface area contributed by atoms with Gasteiger partial charge in [0, 0.05) is 18.3 Å². The van der Waals surface area contributed by atoms with E-state index in [9.17, 15) is 9.59 Å². The molecule has 3 aromatic carbocycles. The Kier molecular flexibility index (Phi) is 6.31. The molecule has 0 radical (unpaired) electrons. The summed E-state index contributed by atoms with van der Waals surface area (Å²) in [7, 11) is 0. The van der Waals surface area contributed by atoms with Crippen molar-refractivity contribution in [1.29, 1.82) is 0 Å². The molecule has 0 aromatic heterocycles. The molecule has 4 nitrogen and oxygen atoms in total. The lowest BCUT2D eigenvalue weighted by Crippen LogP contribution is -2.42. The molecule has 5 rings (SSSR count). The van der Waals surface area contributed by atoms with Gasteiger partial charge in [0.1, 0.15) is 0 Å². The van der Waals surface area contributed by atoms with Gasteiger partial charge in [-0.2, -0.15) is 0 Å². The van der Waals surface area contributed by atoms with E-state index >= 15 is 0 Å². The Morgan fingerprint density at radius 1 is 0.939 bits per heavy atom. The Hall–Kier alpha value is -3.31. The number of fused-ring (bicyclic) bond motifs is 1. The maximum atomic E-state index is 11.9. The van der Waals surface area contributed by atoms with Crippen molar-refractivity contribution < 1.29 is 9.59 Å². The van der Waals surface area contributed by atoms with Crippen LogP contribution in [-0.2, 0) is 24.1 Å². The number of thioether (sulfide) groups is 1. The van der Waals surface area contributed by atoms with Crippen molar-refractivity contribution in [1.82, 2.24) is 5.32 Å². The maximum Gasteiger partial charge on any atom is 0.290 e. The van der Waals surface area contributed by atoms with Crippen molar-refractivity contribution in [2.45, 2.75) is 31.7 Å². The first-order chi connectivity index (χ1) is 16.2. The van der Waals surface area contributed by atoms with Crippen LogP contribution < -0.4 is 10.2 Å². The summed E-state index contributed by atoms with van der Waals surface area (Å²) in [5.74, 6) is -0.310. The fraction of sp³-hybridized carbons (Fsp3) is 0.214. The molecular formula is C28H26N2O2S. The quantitative estimate of drug-likeness (QED) is 0.492. The fourth-order valence-electron chi connectivity index (χ4n) is 4.72. The van der Waals surface area contributed by atoms with Gasteiger partial charge >= 0.3 is 0 Å². The lowest BCUT2D eigenvalue weighted by Gasteiger charge is -2.39. The Labute approximate surface area is 198 Å². The molecule has 166 valence electrons. The molecular weight excluding hydrogens is 428 g/mol. The molecule has 2 heterocycles. The summed E-state index contributed by atoms with van der Waals surface area (Å²) in [6.45, 7) is 0.960. The van der Waals surface area contributed by atoms with Crippen molar-refractivity contribution in [3.63, 3.8) is 0 Å². The topological polar surface area (TPSA) is 49.4 Å². The molecule has 1 N–H and O–H groups in total. The normalized spacial score (nSPS) is 19.0. The van der Waals surface area contributed by atoms with Crippen molar-refractivity contribution in [3.8, 4) is 0 Å². The highest BCUT2D eigenvalue weighted by Gasteiger charge is 2.28. The third-order valence-corrected chi connectivity index (χ3v) is 7.15. The maximum absolute atomic E-state index is 11.9. The highest BCUT2D eigenvalue weighted by Crippen LogP contribution is 2.34. The molecule has 0 saturated carbocycles. The molecule has 2 amide bonds. The summed E-state index contributed by atoms with van der Waals surface area (Å²) in [5.41, 5.74) is 6.26. The molecule has 3 aromatic rings. The van der Waals surface area contributed by atoms with Crippen LogP contribution in [0.2, 0.25) is 0 Å². The number of amides is 2. The van der Waals surface area contributed by atoms with E-state index in [-0.39, 0.29) is 11.1 Å². The van der Waals surface area contributed by atoms with E-state index in [0.29, 0.717) is 10.9 Å². The van der Waals surface area contributed by atoms with Gasteiger partial charge in [-0.3, -0.25) is 14.9 Å². The average molecular weight is 455 g/mol. The number of imide groups is 1. The second kappa shape index (κ2) is 9.67. The van der Waals surface area contributed by atoms with Crippen molar-refractivity contribution in [3.05, 3.63) is 106 Å². The second-order valence-electron chi connectivity index (χ2n) is 8.55. The zero-order chi connectivity index (χ0) is 22.6.